The summed E-state index contributed by atoms with van der Waals surface area (Å²) in [7, 11) is 3.03. The van der Waals surface area contributed by atoms with Gasteiger partial charge in [-0.1, -0.05) is 59.6 Å². The van der Waals surface area contributed by atoms with Gasteiger partial charge in [0.15, 0.2) is 17.3 Å². The number of hydrogen-bond donors (Lipinski definition) is 0. The van der Waals surface area contributed by atoms with Crippen LogP contribution in [0.25, 0.3) is 0 Å². The Morgan fingerprint density at radius 1 is 0.862 bits per heavy atom. The summed E-state index contributed by atoms with van der Waals surface area (Å²) >= 11 is 12.6. The van der Waals surface area contributed by atoms with E-state index in [1.807, 2.05) is 30.3 Å². The number of methoxy groups -OCH3 is 2. The molecule has 4 nitrogen and oxygen atoms in total. The molecule has 0 spiro atoms. The lowest BCUT2D eigenvalue weighted by Crippen LogP contribution is -2.11. The van der Waals surface area contributed by atoms with Crippen molar-refractivity contribution >= 4 is 29.0 Å². The Hall–Kier alpha value is -2.69. The number of hydrogen-bond acceptors (Lipinski definition) is 4. The molecule has 3 aromatic rings. The Bertz CT molecular complexity index is 1010. The number of aryl methyl sites for hydroxylation is 1. The maximum Gasteiger partial charge on any atom is 0.204 e. The van der Waals surface area contributed by atoms with Crippen molar-refractivity contribution in [2.24, 2.45) is 0 Å². The predicted octanol–water partition coefficient (Wildman–Crippen LogP) is 6.13. The van der Waals surface area contributed by atoms with Crippen LogP contribution in [0, 0.1) is 6.92 Å². The van der Waals surface area contributed by atoms with E-state index in [4.69, 9.17) is 37.4 Å². The Morgan fingerprint density at radius 3 is 2.10 bits per heavy atom. The normalized spacial score (nSPS) is 10.5. The molecule has 0 aliphatic heterocycles. The van der Waals surface area contributed by atoms with Gasteiger partial charge in [0.2, 0.25) is 5.75 Å². The maximum atomic E-state index is 13.5. The molecule has 0 fully saturated rings. The molecule has 0 N–H and O–H groups in total. The van der Waals surface area contributed by atoms with E-state index in [2.05, 4.69) is 0 Å². The fraction of sp³-hybridized carbons (Fsp3) is 0.174. The summed E-state index contributed by atoms with van der Waals surface area (Å²) in [6, 6.07) is 16.3. The molecule has 0 aromatic heterocycles. The van der Waals surface area contributed by atoms with Gasteiger partial charge < -0.3 is 14.2 Å². The lowest BCUT2D eigenvalue weighted by Gasteiger charge is -2.20. The summed E-state index contributed by atoms with van der Waals surface area (Å²) in [5.41, 5.74) is 2.15. The van der Waals surface area contributed by atoms with Crippen LogP contribution in [0.1, 0.15) is 27.0 Å². The van der Waals surface area contributed by atoms with Crippen LogP contribution in [0.3, 0.4) is 0 Å². The van der Waals surface area contributed by atoms with E-state index in [1.165, 1.54) is 14.2 Å². The summed E-state index contributed by atoms with van der Waals surface area (Å²) in [4.78, 5) is 13.5. The minimum Gasteiger partial charge on any atom is -0.493 e. The van der Waals surface area contributed by atoms with Gasteiger partial charge in [-0.15, -0.1) is 0 Å². The maximum absolute atomic E-state index is 13.5. The van der Waals surface area contributed by atoms with Crippen molar-refractivity contribution in [3.05, 3.63) is 86.9 Å². The Morgan fingerprint density at radius 2 is 1.52 bits per heavy atom. The zero-order valence-corrected chi connectivity index (χ0v) is 17.8. The van der Waals surface area contributed by atoms with Crippen molar-refractivity contribution in [1.82, 2.24) is 0 Å². The van der Waals surface area contributed by atoms with E-state index in [0.29, 0.717) is 22.6 Å². The number of ether oxygens (including phenoxy) is 3. The fourth-order valence-corrected chi connectivity index (χ4v) is 3.64. The molecule has 0 aliphatic carbocycles. The lowest BCUT2D eigenvalue weighted by atomic mass is 9.96. The molecule has 0 amide bonds. The summed E-state index contributed by atoms with van der Waals surface area (Å²) in [6.07, 6.45) is 0. The van der Waals surface area contributed by atoms with Crippen LogP contribution in [0.5, 0.6) is 17.2 Å². The Balaban J connectivity index is 2.15. The molecule has 0 radical (unpaired) electrons. The van der Waals surface area contributed by atoms with Crippen molar-refractivity contribution in [1.29, 1.82) is 0 Å². The molecule has 0 saturated carbocycles. The van der Waals surface area contributed by atoms with Gasteiger partial charge in [-0.2, -0.15) is 0 Å². The minimum absolute atomic E-state index is 0.218. The number of carbonyl (C=O) groups is 1. The average molecular weight is 431 g/mol. The van der Waals surface area contributed by atoms with Gasteiger partial charge >= 0.3 is 0 Å². The van der Waals surface area contributed by atoms with Gasteiger partial charge in [0.05, 0.1) is 35.4 Å². The highest BCUT2D eigenvalue weighted by Gasteiger charge is 2.27. The SMILES string of the molecule is COc1cc(C)c(C(=O)c2c(Cl)cccc2Cl)c(OCc2ccccc2)c1OC. The first-order chi connectivity index (χ1) is 14.0. The number of rotatable bonds is 7. The molecule has 0 heterocycles. The standard InChI is InChI=1S/C23H20Cl2O4/c1-14-12-18(27-2)22(28-3)23(29-13-15-8-5-4-6-9-15)19(14)21(26)20-16(24)10-7-11-17(20)25/h4-12H,13H2,1-3H3. The molecule has 0 unspecified atom stereocenters. The second kappa shape index (κ2) is 9.21. The van der Waals surface area contributed by atoms with Crippen molar-refractivity contribution in [2.75, 3.05) is 14.2 Å². The monoisotopic (exact) mass is 430 g/mol. The minimum atomic E-state index is -0.345. The number of benzene rings is 3. The molecule has 0 aliphatic rings. The lowest BCUT2D eigenvalue weighted by molar-refractivity contribution is 0.103. The van der Waals surface area contributed by atoms with E-state index in [1.54, 1.807) is 31.2 Å². The van der Waals surface area contributed by atoms with Gasteiger partial charge in [-0.25, -0.2) is 0 Å². The molecular formula is C23H20Cl2O4. The molecule has 0 atom stereocenters. The molecule has 0 bridgehead atoms. The first kappa shape index (κ1) is 21.0. The first-order valence-corrected chi connectivity index (χ1v) is 9.64. The third-order valence-corrected chi connectivity index (χ3v) is 5.10. The van der Waals surface area contributed by atoms with Crippen LogP contribution >= 0.6 is 23.2 Å². The van der Waals surface area contributed by atoms with Gasteiger partial charge in [-0.3, -0.25) is 4.79 Å². The largest absolute Gasteiger partial charge is 0.493 e. The third kappa shape index (κ3) is 4.34. The summed E-state index contributed by atoms with van der Waals surface area (Å²) < 4.78 is 17.0. The summed E-state index contributed by atoms with van der Waals surface area (Å²) in [5.74, 6) is 0.742. The highest BCUT2D eigenvalue weighted by Crippen LogP contribution is 2.44. The zero-order chi connectivity index (χ0) is 21.0. The quantitative estimate of drug-likeness (QED) is 0.422. The third-order valence-electron chi connectivity index (χ3n) is 4.47. The molecule has 3 aromatic carbocycles. The highest BCUT2D eigenvalue weighted by atomic mass is 35.5. The predicted molar refractivity (Wildman–Crippen MR) is 115 cm³/mol. The average Bonchev–Trinajstić information content (AvgIpc) is 2.72. The second-order valence-corrected chi connectivity index (χ2v) is 7.15. The molecular weight excluding hydrogens is 411 g/mol. The Labute approximate surface area is 179 Å². The zero-order valence-electron chi connectivity index (χ0n) is 16.3. The highest BCUT2D eigenvalue weighted by molar-refractivity contribution is 6.41. The van der Waals surface area contributed by atoms with E-state index < -0.39 is 0 Å². The van der Waals surface area contributed by atoms with Crippen LogP contribution in [0.15, 0.2) is 54.6 Å². The van der Waals surface area contributed by atoms with Crippen LogP contribution in [0.2, 0.25) is 10.0 Å². The van der Waals surface area contributed by atoms with Gasteiger partial charge in [0.1, 0.15) is 6.61 Å². The van der Waals surface area contributed by atoms with Crippen molar-refractivity contribution < 1.29 is 19.0 Å². The first-order valence-electron chi connectivity index (χ1n) is 8.89. The molecule has 3 rings (SSSR count). The fourth-order valence-electron chi connectivity index (χ4n) is 3.07. The van der Waals surface area contributed by atoms with Gasteiger partial charge in [0.25, 0.3) is 0 Å². The van der Waals surface area contributed by atoms with Gasteiger partial charge in [0, 0.05) is 0 Å². The summed E-state index contributed by atoms with van der Waals surface area (Å²) in [5, 5.41) is 0.538. The van der Waals surface area contributed by atoms with Crippen LogP contribution in [-0.4, -0.2) is 20.0 Å². The molecule has 0 saturated heterocycles. The van der Waals surface area contributed by atoms with E-state index in [0.717, 1.165) is 5.56 Å². The van der Waals surface area contributed by atoms with Crippen LogP contribution in [0.4, 0.5) is 0 Å². The number of ketones is 1. The number of carbonyl (C=O) groups excluding carboxylic acids is 1. The van der Waals surface area contributed by atoms with Crippen molar-refractivity contribution in [3.63, 3.8) is 0 Å². The second-order valence-electron chi connectivity index (χ2n) is 6.33. The van der Waals surface area contributed by atoms with Gasteiger partial charge in [-0.05, 0) is 36.2 Å². The molecule has 150 valence electrons. The number of halogens is 2. The topological polar surface area (TPSA) is 44.8 Å². The molecule has 29 heavy (non-hydrogen) atoms. The van der Waals surface area contributed by atoms with Crippen molar-refractivity contribution in [2.45, 2.75) is 13.5 Å². The van der Waals surface area contributed by atoms with Crippen LogP contribution in [-0.2, 0) is 6.61 Å². The smallest absolute Gasteiger partial charge is 0.204 e. The van der Waals surface area contributed by atoms with Crippen molar-refractivity contribution in [3.8, 4) is 17.2 Å². The van der Waals surface area contributed by atoms with E-state index in [-0.39, 0.29) is 33.7 Å². The van der Waals surface area contributed by atoms with Crippen LogP contribution < -0.4 is 14.2 Å². The van der Waals surface area contributed by atoms with E-state index in [9.17, 15) is 4.79 Å². The summed E-state index contributed by atoms with van der Waals surface area (Å²) in [6.45, 7) is 2.05. The molecule has 6 heteroatoms. The Kier molecular flexibility index (Phi) is 6.68. The van der Waals surface area contributed by atoms with E-state index >= 15 is 0 Å².